The second-order valence-corrected chi connectivity index (χ2v) is 5.29. The molecule has 0 saturated carbocycles. The molecule has 0 aliphatic heterocycles. The molecule has 5 heteroatoms. The van der Waals surface area contributed by atoms with Gasteiger partial charge in [0.05, 0.1) is 17.6 Å². The molecular weight excluding hydrogens is 200 g/mol. The zero-order chi connectivity index (χ0) is 10.6. The summed E-state index contributed by atoms with van der Waals surface area (Å²) in [6, 6.07) is 3.36. The molecule has 1 aromatic rings. The first-order valence-electron chi connectivity index (χ1n) is 4.40. The number of nitrogens with one attached hydrogen (secondary N) is 1. The van der Waals surface area contributed by atoms with Crippen molar-refractivity contribution in [1.82, 2.24) is 4.98 Å². The number of anilines is 1. The van der Waals surface area contributed by atoms with E-state index in [4.69, 9.17) is 0 Å². The minimum Gasteiger partial charge on any atom is -0.282 e. The van der Waals surface area contributed by atoms with E-state index >= 15 is 0 Å². The van der Waals surface area contributed by atoms with E-state index in [2.05, 4.69) is 9.71 Å². The Bertz CT molecular complexity index is 373. The molecule has 1 N–H and O–H groups in total. The molecule has 4 nitrogen and oxygen atoms in total. The van der Waals surface area contributed by atoms with Crippen molar-refractivity contribution in [2.75, 3.05) is 10.5 Å². The largest absolute Gasteiger partial charge is 0.282 e. The second-order valence-electron chi connectivity index (χ2n) is 3.52. The molecule has 14 heavy (non-hydrogen) atoms. The average molecular weight is 214 g/mol. The summed E-state index contributed by atoms with van der Waals surface area (Å²) in [4.78, 5) is 3.82. The first-order valence-corrected chi connectivity index (χ1v) is 6.05. The molecule has 0 aliphatic carbocycles. The summed E-state index contributed by atoms with van der Waals surface area (Å²) in [6.07, 6.45) is 3.08. The Balaban J connectivity index is 2.70. The summed E-state index contributed by atoms with van der Waals surface area (Å²) in [5.41, 5.74) is 0.508. The molecule has 1 heterocycles. The van der Waals surface area contributed by atoms with E-state index < -0.39 is 10.0 Å². The van der Waals surface area contributed by atoms with Gasteiger partial charge in [-0.15, -0.1) is 0 Å². The first kappa shape index (κ1) is 11.0. The van der Waals surface area contributed by atoms with Gasteiger partial charge in [-0.3, -0.25) is 9.71 Å². The van der Waals surface area contributed by atoms with Crippen LogP contribution in [0, 0.1) is 5.92 Å². The number of pyridine rings is 1. The highest BCUT2D eigenvalue weighted by Crippen LogP contribution is 2.08. The molecule has 0 fully saturated rings. The van der Waals surface area contributed by atoms with Crippen molar-refractivity contribution in [3.8, 4) is 0 Å². The van der Waals surface area contributed by atoms with Crippen LogP contribution in [-0.4, -0.2) is 19.2 Å². The average Bonchev–Trinajstić information content (AvgIpc) is 2.02. The number of hydrogen-bond acceptors (Lipinski definition) is 3. The number of aromatic nitrogens is 1. The van der Waals surface area contributed by atoms with E-state index in [-0.39, 0.29) is 11.7 Å². The molecule has 0 aromatic carbocycles. The molecule has 1 rings (SSSR count). The topological polar surface area (TPSA) is 59.1 Å². The van der Waals surface area contributed by atoms with Gasteiger partial charge in [-0.05, 0) is 18.1 Å². The Labute approximate surface area is 84.4 Å². The Morgan fingerprint density at radius 3 is 2.71 bits per heavy atom. The van der Waals surface area contributed by atoms with E-state index in [0.717, 1.165) is 0 Å². The smallest absolute Gasteiger partial charge is 0.233 e. The van der Waals surface area contributed by atoms with E-state index in [1.807, 2.05) is 13.8 Å². The number of hydrogen-bond donors (Lipinski definition) is 1. The third-order valence-corrected chi connectivity index (χ3v) is 3.14. The van der Waals surface area contributed by atoms with Gasteiger partial charge in [0.15, 0.2) is 0 Å². The third kappa shape index (κ3) is 3.74. The summed E-state index contributed by atoms with van der Waals surface area (Å²) < 4.78 is 25.4. The molecule has 0 radical (unpaired) electrons. The van der Waals surface area contributed by atoms with Gasteiger partial charge in [0, 0.05) is 6.20 Å². The van der Waals surface area contributed by atoms with Crippen LogP contribution in [0.15, 0.2) is 24.5 Å². The molecule has 0 aliphatic rings. The van der Waals surface area contributed by atoms with Gasteiger partial charge in [0.2, 0.25) is 10.0 Å². The SMILES string of the molecule is CC(C)CS(=O)(=O)Nc1cccnc1. The maximum absolute atomic E-state index is 11.5. The standard InChI is InChI=1S/C9H14N2O2S/c1-8(2)7-14(12,13)11-9-4-3-5-10-6-9/h3-6,8,11H,7H2,1-2H3. The van der Waals surface area contributed by atoms with Crippen molar-refractivity contribution >= 4 is 15.7 Å². The van der Waals surface area contributed by atoms with Crippen molar-refractivity contribution < 1.29 is 8.42 Å². The van der Waals surface area contributed by atoms with Gasteiger partial charge in [0.1, 0.15) is 0 Å². The van der Waals surface area contributed by atoms with Crippen LogP contribution in [0.2, 0.25) is 0 Å². The molecule has 0 bridgehead atoms. The maximum Gasteiger partial charge on any atom is 0.233 e. The lowest BCUT2D eigenvalue weighted by Crippen LogP contribution is -2.20. The summed E-state index contributed by atoms with van der Waals surface area (Å²) in [5, 5.41) is 0. The molecular formula is C9H14N2O2S. The maximum atomic E-state index is 11.5. The van der Waals surface area contributed by atoms with E-state index in [1.54, 1.807) is 18.3 Å². The summed E-state index contributed by atoms with van der Waals surface area (Å²) in [5.74, 6) is 0.242. The lowest BCUT2D eigenvalue weighted by molar-refractivity contribution is 0.587. The highest BCUT2D eigenvalue weighted by Gasteiger charge is 2.12. The predicted octanol–water partition coefficient (Wildman–Crippen LogP) is 1.48. The molecule has 0 saturated heterocycles. The normalized spacial score (nSPS) is 11.6. The molecule has 0 atom stereocenters. The molecule has 0 amide bonds. The zero-order valence-electron chi connectivity index (χ0n) is 8.27. The van der Waals surface area contributed by atoms with Gasteiger partial charge >= 0.3 is 0 Å². The van der Waals surface area contributed by atoms with Crippen molar-refractivity contribution in [3.05, 3.63) is 24.5 Å². The third-order valence-electron chi connectivity index (χ3n) is 1.49. The van der Waals surface area contributed by atoms with Crippen LogP contribution in [-0.2, 0) is 10.0 Å². The Morgan fingerprint density at radius 1 is 1.50 bits per heavy atom. The fraction of sp³-hybridized carbons (Fsp3) is 0.444. The summed E-state index contributed by atoms with van der Waals surface area (Å²) >= 11 is 0. The minimum atomic E-state index is -3.22. The van der Waals surface area contributed by atoms with Crippen LogP contribution >= 0.6 is 0 Å². The van der Waals surface area contributed by atoms with Crippen LogP contribution in [0.25, 0.3) is 0 Å². The lowest BCUT2D eigenvalue weighted by atomic mass is 10.3. The lowest BCUT2D eigenvalue weighted by Gasteiger charge is -2.08. The highest BCUT2D eigenvalue weighted by atomic mass is 32.2. The van der Waals surface area contributed by atoms with Gasteiger partial charge in [-0.1, -0.05) is 13.8 Å². The first-order chi connectivity index (χ1) is 6.49. The van der Waals surface area contributed by atoms with Gasteiger partial charge in [0.25, 0.3) is 0 Å². The van der Waals surface area contributed by atoms with Crippen molar-refractivity contribution in [2.45, 2.75) is 13.8 Å². The van der Waals surface area contributed by atoms with Crippen LogP contribution in [0.5, 0.6) is 0 Å². The fourth-order valence-corrected chi connectivity index (χ4v) is 2.52. The number of rotatable bonds is 4. The Kier molecular flexibility index (Phi) is 3.46. The number of nitrogens with zero attached hydrogens (tertiary/aromatic N) is 1. The number of sulfonamides is 1. The van der Waals surface area contributed by atoms with Crippen LogP contribution in [0.1, 0.15) is 13.8 Å². The van der Waals surface area contributed by atoms with Gasteiger partial charge in [-0.25, -0.2) is 8.42 Å². The predicted molar refractivity (Wildman–Crippen MR) is 56.5 cm³/mol. The molecule has 0 spiro atoms. The highest BCUT2D eigenvalue weighted by molar-refractivity contribution is 7.92. The summed E-state index contributed by atoms with van der Waals surface area (Å²) in [6.45, 7) is 3.73. The second kappa shape index (κ2) is 4.41. The van der Waals surface area contributed by atoms with Crippen LogP contribution in [0.4, 0.5) is 5.69 Å². The Morgan fingerprint density at radius 2 is 2.21 bits per heavy atom. The monoisotopic (exact) mass is 214 g/mol. The van der Waals surface area contributed by atoms with Crippen molar-refractivity contribution in [1.29, 1.82) is 0 Å². The van der Waals surface area contributed by atoms with Crippen LogP contribution in [0.3, 0.4) is 0 Å². The minimum absolute atomic E-state index is 0.115. The molecule has 1 aromatic heterocycles. The fourth-order valence-electron chi connectivity index (χ4n) is 1.08. The Hall–Kier alpha value is -1.10. The van der Waals surface area contributed by atoms with Gasteiger partial charge in [-0.2, -0.15) is 0 Å². The van der Waals surface area contributed by atoms with E-state index in [1.165, 1.54) is 6.20 Å². The molecule has 78 valence electrons. The van der Waals surface area contributed by atoms with Crippen molar-refractivity contribution in [3.63, 3.8) is 0 Å². The van der Waals surface area contributed by atoms with E-state index in [0.29, 0.717) is 5.69 Å². The van der Waals surface area contributed by atoms with Crippen molar-refractivity contribution in [2.24, 2.45) is 5.92 Å². The zero-order valence-corrected chi connectivity index (χ0v) is 9.08. The van der Waals surface area contributed by atoms with Gasteiger partial charge < -0.3 is 0 Å². The summed E-state index contributed by atoms with van der Waals surface area (Å²) in [7, 11) is -3.22. The van der Waals surface area contributed by atoms with Crippen LogP contribution < -0.4 is 4.72 Å². The molecule has 0 unspecified atom stereocenters. The van der Waals surface area contributed by atoms with E-state index in [9.17, 15) is 8.42 Å². The quantitative estimate of drug-likeness (QED) is 0.825.